The van der Waals surface area contributed by atoms with Crippen LogP contribution in [0.2, 0.25) is 0 Å². The van der Waals surface area contributed by atoms with Crippen molar-refractivity contribution in [2.75, 3.05) is 40.0 Å². The van der Waals surface area contributed by atoms with Gasteiger partial charge in [-0.2, -0.15) is 0 Å². The molecule has 5 heteroatoms. The summed E-state index contributed by atoms with van der Waals surface area (Å²) in [6.07, 6.45) is 3.33. The van der Waals surface area contributed by atoms with Crippen molar-refractivity contribution < 1.29 is 14.3 Å². The van der Waals surface area contributed by atoms with Gasteiger partial charge in [0.25, 0.3) is 0 Å². The lowest BCUT2D eigenvalue weighted by molar-refractivity contribution is -0.142. The summed E-state index contributed by atoms with van der Waals surface area (Å²) in [6.45, 7) is 3.62. The van der Waals surface area contributed by atoms with Crippen molar-refractivity contribution in [1.82, 2.24) is 4.90 Å². The van der Waals surface area contributed by atoms with Crippen molar-refractivity contribution >= 4 is 5.91 Å². The van der Waals surface area contributed by atoms with E-state index in [1.54, 1.807) is 7.11 Å². The number of amides is 1. The Morgan fingerprint density at radius 2 is 2.00 bits per heavy atom. The number of carbonyl (C=O) groups excluding carboxylic acids is 1. The zero-order chi connectivity index (χ0) is 13.0. The topological polar surface area (TPSA) is 64.8 Å². The number of hydrogen-bond donors (Lipinski definition) is 1. The SMILES string of the molecule is COCC1CCN(C(=O)C2(N)CCOCC2)CC1. The zero-order valence-electron chi connectivity index (χ0n) is 11.2. The Balaban J connectivity index is 1.86. The van der Waals surface area contributed by atoms with E-state index in [-0.39, 0.29) is 5.91 Å². The minimum Gasteiger partial charge on any atom is -0.384 e. The first-order valence-electron chi connectivity index (χ1n) is 6.80. The zero-order valence-corrected chi connectivity index (χ0v) is 11.2. The molecule has 18 heavy (non-hydrogen) atoms. The van der Waals surface area contributed by atoms with Gasteiger partial charge in [-0.25, -0.2) is 0 Å². The fourth-order valence-corrected chi connectivity index (χ4v) is 2.80. The van der Waals surface area contributed by atoms with Crippen LogP contribution in [0.5, 0.6) is 0 Å². The fraction of sp³-hybridized carbons (Fsp3) is 0.923. The third kappa shape index (κ3) is 3.02. The predicted octanol–water partition coefficient (Wildman–Crippen LogP) is 0.379. The van der Waals surface area contributed by atoms with E-state index in [4.69, 9.17) is 15.2 Å². The molecule has 0 bridgehead atoms. The van der Waals surface area contributed by atoms with Crippen LogP contribution < -0.4 is 5.73 Å². The van der Waals surface area contributed by atoms with Crippen molar-refractivity contribution in [3.05, 3.63) is 0 Å². The van der Waals surface area contributed by atoms with Gasteiger partial charge in [0.2, 0.25) is 5.91 Å². The molecule has 2 aliphatic rings. The molecule has 0 aromatic rings. The quantitative estimate of drug-likeness (QED) is 0.793. The lowest BCUT2D eigenvalue weighted by atomic mass is 9.88. The molecule has 0 aliphatic carbocycles. The van der Waals surface area contributed by atoms with Crippen LogP contribution in [-0.4, -0.2) is 56.4 Å². The summed E-state index contributed by atoms with van der Waals surface area (Å²) in [5.41, 5.74) is 5.54. The molecule has 2 rings (SSSR count). The predicted molar refractivity (Wildman–Crippen MR) is 68.2 cm³/mol. The van der Waals surface area contributed by atoms with E-state index < -0.39 is 5.54 Å². The van der Waals surface area contributed by atoms with Crippen LogP contribution in [0, 0.1) is 5.92 Å². The van der Waals surface area contributed by atoms with E-state index in [9.17, 15) is 4.79 Å². The maximum atomic E-state index is 12.5. The van der Waals surface area contributed by atoms with Gasteiger partial charge in [0, 0.05) is 40.0 Å². The number of piperidine rings is 1. The number of likely N-dealkylation sites (tertiary alicyclic amines) is 1. The van der Waals surface area contributed by atoms with Gasteiger partial charge in [-0.1, -0.05) is 0 Å². The van der Waals surface area contributed by atoms with E-state index in [2.05, 4.69) is 0 Å². The van der Waals surface area contributed by atoms with Crippen molar-refractivity contribution in [1.29, 1.82) is 0 Å². The molecule has 0 saturated carbocycles. The molecule has 2 heterocycles. The van der Waals surface area contributed by atoms with Crippen LogP contribution in [0.1, 0.15) is 25.7 Å². The molecule has 0 radical (unpaired) electrons. The summed E-state index contributed by atoms with van der Waals surface area (Å²) in [5.74, 6) is 0.698. The Morgan fingerprint density at radius 1 is 1.39 bits per heavy atom. The summed E-state index contributed by atoms with van der Waals surface area (Å²) in [7, 11) is 1.73. The Morgan fingerprint density at radius 3 is 2.56 bits per heavy atom. The summed E-state index contributed by atoms with van der Waals surface area (Å²) < 4.78 is 10.5. The molecular weight excluding hydrogens is 232 g/mol. The molecule has 2 N–H and O–H groups in total. The highest BCUT2D eigenvalue weighted by Gasteiger charge is 2.39. The second-order valence-electron chi connectivity index (χ2n) is 5.46. The van der Waals surface area contributed by atoms with E-state index in [0.717, 1.165) is 32.5 Å². The van der Waals surface area contributed by atoms with Gasteiger partial charge in [-0.15, -0.1) is 0 Å². The van der Waals surface area contributed by atoms with Gasteiger partial charge in [-0.3, -0.25) is 4.79 Å². The van der Waals surface area contributed by atoms with Crippen molar-refractivity contribution in [3.63, 3.8) is 0 Å². The van der Waals surface area contributed by atoms with Crippen LogP contribution >= 0.6 is 0 Å². The van der Waals surface area contributed by atoms with E-state index in [1.165, 1.54) is 0 Å². The smallest absolute Gasteiger partial charge is 0.242 e. The molecule has 0 atom stereocenters. The average molecular weight is 256 g/mol. The maximum absolute atomic E-state index is 12.5. The first-order valence-corrected chi connectivity index (χ1v) is 6.80. The highest BCUT2D eigenvalue weighted by molar-refractivity contribution is 5.86. The number of nitrogens with two attached hydrogens (primary N) is 1. The molecule has 1 amide bonds. The Bertz CT molecular complexity index is 282. The molecule has 0 aromatic carbocycles. The van der Waals surface area contributed by atoms with Crippen LogP contribution in [0.25, 0.3) is 0 Å². The highest BCUT2D eigenvalue weighted by Crippen LogP contribution is 2.24. The minimum absolute atomic E-state index is 0.113. The van der Waals surface area contributed by atoms with Gasteiger partial charge in [-0.05, 0) is 31.6 Å². The van der Waals surface area contributed by atoms with Crippen LogP contribution in [-0.2, 0) is 14.3 Å². The molecule has 104 valence electrons. The lowest BCUT2D eigenvalue weighted by Crippen LogP contribution is -2.59. The highest BCUT2D eigenvalue weighted by atomic mass is 16.5. The van der Waals surface area contributed by atoms with Crippen LogP contribution in [0.4, 0.5) is 0 Å². The number of ether oxygens (including phenoxy) is 2. The van der Waals surface area contributed by atoms with Gasteiger partial charge in [0.1, 0.15) is 0 Å². The van der Waals surface area contributed by atoms with Gasteiger partial charge in [0.15, 0.2) is 0 Å². The Kier molecular flexibility index (Phi) is 4.59. The largest absolute Gasteiger partial charge is 0.384 e. The van der Waals surface area contributed by atoms with E-state index in [0.29, 0.717) is 32.0 Å². The van der Waals surface area contributed by atoms with Crippen molar-refractivity contribution in [2.24, 2.45) is 11.7 Å². The monoisotopic (exact) mass is 256 g/mol. The Labute approximate surface area is 109 Å². The second-order valence-corrected chi connectivity index (χ2v) is 5.46. The summed E-state index contributed by atoms with van der Waals surface area (Å²) in [5, 5.41) is 0. The summed E-state index contributed by atoms with van der Waals surface area (Å²) >= 11 is 0. The number of hydrogen-bond acceptors (Lipinski definition) is 4. The van der Waals surface area contributed by atoms with Gasteiger partial charge >= 0.3 is 0 Å². The summed E-state index contributed by atoms with van der Waals surface area (Å²) in [6, 6.07) is 0. The maximum Gasteiger partial charge on any atom is 0.242 e. The van der Waals surface area contributed by atoms with Crippen LogP contribution in [0.3, 0.4) is 0 Å². The molecule has 5 nitrogen and oxygen atoms in total. The second kappa shape index (κ2) is 5.99. The number of methoxy groups -OCH3 is 1. The minimum atomic E-state index is -0.688. The Hall–Kier alpha value is -0.650. The lowest BCUT2D eigenvalue weighted by Gasteiger charge is -2.39. The summed E-state index contributed by atoms with van der Waals surface area (Å²) in [4.78, 5) is 14.4. The van der Waals surface area contributed by atoms with E-state index >= 15 is 0 Å². The normalized spacial score (nSPS) is 25.1. The molecule has 0 unspecified atom stereocenters. The fourth-order valence-electron chi connectivity index (χ4n) is 2.80. The molecule has 0 spiro atoms. The first kappa shape index (κ1) is 13.8. The average Bonchev–Trinajstić information content (AvgIpc) is 2.40. The standard InChI is InChI=1S/C13H24N2O3/c1-17-10-11-2-6-15(7-3-11)12(16)13(14)4-8-18-9-5-13/h11H,2-10,14H2,1H3. The van der Waals surface area contributed by atoms with E-state index in [1.807, 2.05) is 4.90 Å². The van der Waals surface area contributed by atoms with Crippen LogP contribution in [0.15, 0.2) is 0 Å². The third-order valence-electron chi connectivity index (χ3n) is 4.12. The van der Waals surface area contributed by atoms with Crippen molar-refractivity contribution in [2.45, 2.75) is 31.2 Å². The number of nitrogens with zero attached hydrogens (tertiary/aromatic N) is 1. The molecule has 0 aromatic heterocycles. The van der Waals surface area contributed by atoms with Gasteiger partial charge < -0.3 is 20.1 Å². The molecular formula is C13H24N2O3. The van der Waals surface area contributed by atoms with Crippen molar-refractivity contribution in [3.8, 4) is 0 Å². The third-order valence-corrected chi connectivity index (χ3v) is 4.12. The number of carbonyl (C=O) groups is 1. The molecule has 2 aliphatic heterocycles. The molecule has 2 saturated heterocycles. The number of rotatable bonds is 3. The van der Waals surface area contributed by atoms with Gasteiger partial charge in [0.05, 0.1) is 5.54 Å². The first-order chi connectivity index (χ1) is 8.65. The molecule has 2 fully saturated rings.